The minimum atomic E-state index is 0.0212. The van der Waals surface area contributed by atoms with Crippen molar-refractivity contribution in [1.82, 2.24) is 4.90 Å². The molecule has 0 atom stereocenters. The van der Waals surface area contributed by atoms with E-state index in [2.05, 4.69) is 78.2 Å². The summed E-state index contributed by atoms with van der Waals surface area (Å²) in [6.45, 7) is 3.06. The molecule has 6 heteroatoms. The van der Waals surface area contributed by atoms with Gasteiger partial charge in [0, 0.05) is 37.1 Å². The maximum atomic E-state index is 9.59. The highest BCUT2D eigenvalue weighted by Crippen LogP contribution is 2.29. The molecule has 1 aliphatic rings. The highest BCUT2D eigenvalue weighted by molar-refractivity contribution is 7.18. The Morgan fingerprint density at radius 3 is 2.52 bits per heavy atom. The number of benzene rings is 2. The molecule has 0 saturated carbocycles. The predicted molar refractivity (Wildman–Crippen MR) is 128 cm³/mol. The number of para-hydroxylation sites is 1. The fourth-order valence-corrected chi connectivity index (χ4v) is 4.86. The quantitative estimate of drug-likeness (QED) is 0.558. The van der Waals surface area contributed by atoms with Crippen molar-refractivity contribution in [3.63, 3.8) is 0 Å². The first-order chi connectivity index (χ1) is 15.1. The number of hydrogen-bond donors (Lipinski definition) is 2. The van der Waals surface area contributed by atoms with Crippen molar-refractivity contribution in [3.8, 4) is 0 Å². The smallest absolute Gasteiger partial charge is 0.263 e. The number of aryl methyl sites for hydroxylation is 2. The van der Waals surface area contributed by atoms with E-state index >= 15 is 0 Å². The molecular formula is C25H28N3O2S+. The average Bonchev–Trinajstić information content (AvgIpc) is 3.09. The van der Waals surface area contributed by atoms with Gasteiger partial charge in [0.1, 0.15) is 17.6 Å². The molecule has 0 unspecified atom stereocenters. The van der Waals surface area contributed by atoms with E-state index in [0.29, 0.717) is 13.1 Å². The molecule has 4 rings (SSSR count). The van der Waals surface area contributed by atoms with Crippen LogP contribution in [0.15, 0.2) is 78.3 Å². The van der Waals surface area contributed by atoms with Crippen LogP contribution >= 0.6 is 11.3 Å². The van der Waals surface area contributed by atoms with E-state index in [-0.39, 0.29) is 13.2 Å². The molecule has 0 fully saturated rings. The highest BCUT2D eigenvalue weighted by atomic mass is 32.1. The molecule has 0 bridgehead atoms. The van der Waals surface area contributed by atoms with Crippen LogP contribution in [0.1, 0.15) is 10.6 Å². The maximum Gasteiger partial charge on any atom is 0.263 e. The van der Waals surface area contributed by atoms with Crippen molar-refractivity contribution in [1.29, 1.82) is 0 Å². The monoisotopic (exact) mass is 434 g/mol. The standard InChI is InChI=1S/C25H28N3O2S/c1-19-8-9-23-22(16-19)26(2)25(31-23)18-20-10-11-28(21-6-4-3-5-7-21)24(17-20)27(12-14-29)13-15-30/h3-11,16-18,29-30H,12-15H2,1-2H3/q+1. The van der Waals surface area contributed by atoms with Gasteiger partial charge in [0.05, 0.1) is 13.2 Å². The molecule has 31 heavy (non-hydrogen) atoms. The van der Waals surface area contributed by atoms with Crippen LogP contribution in [0.4, 0.5) is 5.69 Å². The Morgan fingerprint density at radius 1 is 1.06 bits per heavy atom. The molecule has 1 aromatic heterocycles. The predicted octanol–water partition coefficient (Wildman–Crippen LogP) is 3.58. The Balaban J connectivity index is 1.76. The van der Waals surface area contributed by atoms with Crippen LogP contribution in [0.5, 0.6) is 0 Å². The Kier molecular flexibility index (Phi) is 6.51. The lowest BCUT2D eigenvalue weighted by Gasteiger charge is -2.35. The topological polar surface area (TPSA) is 50.8 Å². The van der Waals surface area contributed by atoms with Crippen LogP contribution in [0.2, 0.25) is 0 Å². The second-order valence-electron chi connectivity index (χ2n) is 7.57. The number of aliphatic hydroxyl groups is 2. The fraction of sp³-hybridized carbons (Fsp3) is 0.240. The van der Waals surface area contributed by atoms with Gasteiger partial charge < -0.3 is 20.0 Å². The molecule has 0 amide bonds. The van der Waals surface area contributed by atoms with Crippen LogP contribution in [-0.4, -0.2) is 41.4 Å². The van der Waals surface area contributed by atoms with Gasteiger partial charge in [-0.05, 0) is 48.4 Å². The van der Waals surface area contributed by atoms with Crippen molar-refractivity contribution in [2.45, 2.75) is 6.92 Å². The summed E-state index contributed by atoms with van der Waals surface area (Å²) in [5.74, 6) is 0.933. The van der Waals surface area contributed by atoms with Crippen LogP contribution in [0.25, 0.3) is 16.3 Å². The van der Waals surface area contributed by atoms with Gasteiger partial charge in [0.15, 0.2) is 0 Å². The summed E-state index contributed by atoms with van der Waals surface area (Å²) in [5.41, 5.74) is 4.59. The molecule has 0 aliphatic carbocycles. The molecule has 2 aromatic carbocycles. The Bertz CT molecular complexity index is 1140. The Morgan fingerprint density at radius 2 is 1.81 bits per heavy atom. The average molecular weight is 435 g/mol. The lowest BCUT2D eigenvalue weighted by molar-refractivity contribution is -0.642. The zero-order valence-electron chi connectivity index (χ0n) is 17.9. The Hall–Kier alpha value is -2.93. The van der Waals surface area contributed by atoms with E-state index < -0.39 is 0 Å². The van der Waals surface area contributed by atoms with Gasteiger partial charge in [0.2, 0.25) is 5.52 Å². The molecule has 2 N–H and O–H groups in total. The molecule has 0 radical (unpaired) electrons. The molecule has 5 nitrogen and oxygen atoms in total. The van der Waals surface area contributed by atoms with Crippen LogP contribution in [0, 0.1) is 6.92 Å². The number of allylic oxidation sites excluding steroid dienone is 3. The van der Waals surface area contributed by atoms with E-state index in [4.69, 9.17) is 0 Å². The Labute approximate surface area is 187 Å². The summed E-state index contributed by atoms with van der Waals surface area (Å²) in [6, 6.07) is 16.7. The first kappa shape index (κ1) is 21.3. The number of aromatic nitrogens is 1. The van der Waals surface area contributed by atoms with Crippen LogP contribution in [0.3, 0.4) is 0 Å². The van der Waals surface area contributed by atoms with Gasteiger partial charge in [0.25, 0.3) is 5.01 Å². The number of rotatable bonds is 7. The van der Waals surface area contributed by atoms with Crippen molar-refractivity contribution in [2.24, 2.45) is 7.05 Å². The zero-order valence-corrected chi connectivity index (χ0v) is 18.7. The number of thiazole rings is 1. The van der Waals surface area contributed by atoms with Crippen molar-refractivity contribution >= 4 is 33.3 Å². The normalized spacial score (nSPS) is 15.0. The van der Waals surface area contributed by atoms with E-state index in [1.54, 1.807) is 11.3 Å². The molecule has 160 valence electrons. The second kappa shape index (κ2) is 9.47. The first-order valence-corrected chi connectivity index (χ1v) is 11.2. The minimum Gasteiger partial charge on any atom is -0.395 e. The van der Waals surface area contributed by atoms with Crippen molar-refractivity contribution in [3.05, 3.63) is 88.8 Å². The SMILES string of the molecule is Cc1ccc2sc(/C=C3\C=CN(c4ccccc4)C(N(CCO)CCO)=C3)[n+](C)c2c1. The fourth-order valence-electron chi connectivity index (χ4n) is 3.77. The number of aliphatic hydroxyl groups excluding tert-OH is 2. The lowest BCUT2D eigenvalue weighted by Crippen LogP contribution is -2.37. The number of hydrogen-bond acceptors (Lipinski definition) is 5. The third-order valence-electron chi connectivity index (χ3n) is 5.37. The van der Waals surface area contributed by atoms with Gasteiger partial charge in [-0.25, -0.2) is 0 Å². The first-order valence-electron chi connectivity index (χ1n) is 10.4. The van der Waals surface area contributed by atoms with Gasteiger partial charge >= 0.3 is 0 Å². The highest BCUT2D eigenvalue weighted by Gasteiger charge is 2.21. The summed E-state index contributed by atoms with van der Waals surface area (Å²) in [6.07, 6.45) is 8.46. The molecule has 0 spiro atoms. The summed E-state index contributed by atoms with van der Waals surface area (Å²) < 4.78 is 3.49. The summed E-state index contributed by atoms with van der Waals surface area (Å²) >= 11 is 1.77. The van der Waals surface area contributed by atoms with Gasteiger partial charge in [-0.15, -0.1) is 0 Å². The molecule has 2 heterocycles. The molecule has 1 aliphatic heterocycles. The zero-order chi connectivity index (χ0) is 21.8. The van der Waals surface area contributed by atoms with E-state index in [1.807, 2.05) is 23.1 Å². The van der Waals surface area contributed by atoms with Gasteiger partial charge in [-0.1, -0.05) is 35.6 Å². The molecule has 3 aromatic rings. The van der Waals surface area contributed by atoms with E-state index in [9.17, 15) is 10.2 Å². The van der Waals surface area contributed by atoms with E-state index in [1.165, 1.54) is 20.8 Å². The summed E-state index contributed by atoms with van der Waals surface area (Å²) in [5, 5.41) is 20.3. The lowest BCUT2D eigenvalue weighted by atomic mass is 10.1. The van der Waals surface area contributed by atoms with Crippen molar-refractivity contribution in [2.75, 3.05) is 31.2 Å². The number of nitrogens with zero attached hydrogens (tertiary/aromatic N) is 3. The largest absolute Gasteiger partial charge is 0.395 e. The van der Waals surface area contributed by atoms with Crippen LogP contribution < -0.4 is 9.47 Å². The van der Waals surface area contributed by atoms with Gasteiger partial charge in [-0.2, -0.15) is 4.57 Å². The molecular weight excluding hydrogens is 406 g/mol. The van der Waals surface area contributed by atoms with Gasteiger partial charge in [-0.3, -0.25) is 0 Å². The number of fused-ring (bicyclic) bond motifs is 1. The third-order valence-corrected chi connectivity index (χ3v) is 6.53. The minimum absolute atomic E-state index is 0.0212. The van der Waals surface area contributed by atoms with E-state index in [0.717, 1.165) is 17.1 Å². The third kappa shape index (κ3) is 4.56. The number of anilines is 1. The van der Waals surface area contributed by atoms with Crippen molar-refractivity contribution < 1.29 is 14.8 Å². The van der Waals surface area contributed by atoms with Crippen LogP contribution in [-0.2, 0) is 7.05 Å². The second-order valence-corrected chi connectivity index (χ2v) is 8.64. The molecule has 0 saturated heterocycles. The summed E-state index contributed by atoms with van der Waals surface area (Å²) in [4.78, 5) is 4.11. The summed E-state index contributed by atoms with van der Waals surface area (Å²) in [7, 11) is 2.10. The maximum absolute atomic E-state index is 9.59.